The lowest BCUT2D eigenvalue weighted by molar-refractivity contribution is 0.130. The van der Waals surface area contributed by atoms with E-state index in [4.69, 9.17) is 9.47 Å². The maximum absolute atomic E-state index is 9.43. The number of nitrogens with zero attached hydrogens (tertiary/aromatic N) is 2. The average molecular weight is 299 g/mol. The third-order valence-electron chi connectivity index (χ3n) is 3.85. The topological polar surface area (TPSA) is 57.5 Å². The van der Waals surface area contributed by atoms with E-state index in [0.29, 0.717) is 0 Å². The van der Waals surface area contributed by atoms with Crippen LogP contribution in [0.1, 0.15) is 39.5 Å². The third-order valence-corrected chi connectivity index (χ3v) is 3.85. The first kappa shape index (κ1) is 20.3. The van der Waals surface area contributed by atoms with Gasteiger partial charge in [0, 0.05) is 33.9 Å². The van der Waals surface area contributed by atoms with E-state index < -0.39 is 0 Å². The summed E-state index contributed by atoms with van der Waals surface area (Å²) in [5.74, 6) is 0. The highest BCUT2D eigenvalue weighted by atomic mass is 16.5. The van der Waals surface area contributed by atoms with Crippen molar-refractivity contribution in [3.05, 3.63) is 0 Å². The molecule has 0 saturated heterocycles. The lowest BCUT2D eigenvalue weighted by Crippen LogP contribution is -2.44. The van der Waals surface area contributed by atoms with Crippen LogP contribution >= 0.6 is 0 Å². The lowest BCUT2D eigenvalue weighted by atomic mass is 9.92. The number of ether oxygens (including phenoxy) is 2. The zero-order valence-electron chi connectivity index (χ0n) is 14.3. The molecule has 124 valence electrons. The molecule has 0 aliphatic heterocycles. The predicted octanol–water partition coefficient (Wildman–Crippen LogP) is 2.03. The molecule has 0 aromatic rings. The van der Waals surface area contributed by atoms with Crippen LogP contribution in [0.4, 0.5) is 0 Å². The summed E-state index contributed by atoms with van der Waals surface area (Å²) in [6.45, 7) is 9.46. The molecule has 0 aliphatic rings. The van der Waals surface area contributed by atoms with Gasteiger partial charge in [0.25, 0.3) is 0 Å². The zero-order chi connectivity index (χ0) is 16.0. The summed E-state index contributed by atoms with van der Waals surface area (Å²) in [5.41, 5.74) is -0.367. The number of rotatable bonds is 14. The highest BCUT2D eigenvalue weighted by molar-refractivity contribution is 5.05. The minimum Gasteiger partial charge on any atom is -0.385 e. The molecule has 0 amide bonds. The van der Waals surface area contributed by atoms with E-state index in [1.807, 2.05) is 0 Å². The SMILES string of the molecule is CCNC(C#N)(CC)CCCN(CCCOC)CCOC. The van der Waals surface area contributed by atoms with Crippen LogP contribution < -0.4 is 5.32 Å². The van der Waals surface area contributed by atoms with Crippen molar-refractivity contribution in [2.45, 2.75) is 45.1 Å². The summed E-state index contributed by atoms with van der Waals surface area (Å²) in [6.07, 6.45) is 3.79. The minimum atomic E-state index is -0.367. The smallest absolute Gasteiger partial charge is 0.106 e. The van der Waals surface area contributed by atoms with Crippen molar-refractivity contribution in [1.82, 2.24) is 10.2 Å². The fraction of sp³-hybridized carbons (Fsp3) is 0.938. The Morgan fingerprint density at radius 2 is 1.71 bits per heavy atom. The van der Waals surface area contributed by atoms with Crippen LogP contribution in [-0.4, -0.2) is 64.1 Å². The van der Waals surface area contributed by atoms with Crippen molar-refractivity contribution in [2.24, 2.45) is 0 Å². The predicted molar refractivity (Wildman–Crippen MR) is 86.4 cm³/mol. The van der Waals surface area contributed by atoms with Crippen molar-refractivity contribution in [2.75, 3.05) is 53.6 Å². The van der Waals surface area contributed by atoms with Gasteiger partial charge in [0.05, 0.1) is 12.7 Å². The molecule has 0 fully saturated rings. The van der Waals surface area contributed by atoms with Crippen LogP contribution in [0.2, 0.25) is 0 Å². The third kappa shape index (κ3) is 9.05. The van der Waals surface area contributed by atoms with E-state index in [0.717, 1.165) is 65.1 Å². The Morgan fingerprint density at radius 1 is 1.05 bits per heavy atom. The largest absolute Gasteiger partial charge is 0.385 e. The summed E-state index contributed by atoms with van der Waals surface area (Å²) < 4.78 is 10.3. The number of nitriles is 1. The highest BCUT2D eigenvalue weighted by Gasteiger charge is 2.26. The summed E-state index contributed by atoms with van der Waals surface area (Å²) in [4.78, 5) is 2.40. The van der Waals surface area contributed by atoms with Crippen LogP contribution in [0.15, 0.2) is 0 Å². The second-order valence-electron chi connectivity index (χ2n) is 5.36. The molecule has 0 aromatic carbocycles. The Labute approximate surface area is 130 Å². The molecule has 1 N–H and O–H groups in total. The Morgan fingerprint density at radius 3 is 2.24 bits per heavy atom. The molecule has 0 aromatic heterocycles. The second kappa shape index (κ2) is 13.0. The summed E-state index contributed by atoms with van der Waals surface area (Å²) in [7, 11) is 3.47. The maximum atomic E-state index is 9.43. The van der Waals surface area contributed by atoms with Gasteiger partial charge in [0.1, 0.15) is 5.54 Å². The summed E-state index contributed by atoms with van der Waals surface area (Å²) >= 11 is 0. The van der Waals surface area contributed by atoms with Crippen LogP contribution in [0, 0.1) is 11.3 Å². The van der Waals surface area contributed by atoms with Gasteiger partial charge in [-0.2, -0.15) is 5.26 Å². The average Bonchev–Trinajstić information content (AvgIpc) is 2.51. The van der Waals surface area contributed by atoms with E-state index >= 15 is 0 Å². The monoisotopic (exact) mass is 299 g/mol. The molecule has 5 heteroatoms. The van der Waals surface area contributed by atoms with E-state index in [-0.39, 0.29) is 5.54 Å². The highest BCUT2D eigenvalue weighted by Crippen LogP contribution is 2.17. The molecular weight excluding hydrogens is 266 g/mol. The molecule has 0 heterocycles. The molecule has 0 radical (unpaired) electrons. The van der Waals surface area contributed by atoms with E-state index in [2.05, 4.69) is 30.1 Å². The van der Waals surface area contributed by atoms with Gasteiger partial charge in [-0.15, -0.1) is 0 Å². The van der Waals surface area contributed by atoms with Crippen LogP contribution in [0.5, 0.6) is 0 Å². The van der Waals surface area contributed by atoms with Crippen molar-refractivity contribution < 1.29 is 9.47 Å². The maximum Gasteiger partial charge on any atom is 0.106 e. The molecule has 5 nitrogen and oxygen atoms in total. The molecule has 0 rings (SSSR count). The van der Waals surface area contributed by atoms with Crippen LogP contribution in [-0.2, 0) is 9.47 Å². The van der Waals surface area contributed by atoms with Gasteiger partial charge in [-0.1, -0.05) is 13.8 Å². The number of nitrogens with one attached hydrogen (secondary N) is 1. The van der Waals surface area contributed by atoms with Crippen molar-refractivity contribution >= 4 is 0 Å². The number of methoxy groups -OCH3 is 2. The minimum absolute atomic E-state index is 0.367. The first-order chi connectivity index (χ1) is 10.2. The summed E-state index contributed by atoms with van der Waals surface area (Å²) in [6, 6.07) is 2.46. The van der Waals surface area contributed by atoms with Crippen molar-refractivity contribution in [3.8, 4) is 6.07 Å². The first-order valence-corrected chi connectivity index (χ1v) is 8.04. The fourth-order valence-corrected chi connectivity index (χ4v) is 2.50. The lowest BCUT2D eigenvalue weighted by Gasteiger charge is -2.28. The molecule has 0 bridgehead atoms. The molecule has 0 aliphatic carbocycles. The Balaban J connectivity index is 4.22. The van der Waals surface area contributed by atoms with Crippen molar-refractivity contribution in [3.63, 3.8) is 0 Å². The Bertz CT molecular complexity index is 281. The van der Waals surface area contributed by atoms with E-state index in [9.17, 15) is 5.26 Å². The van der Waals surface area contributed by atoms with Crippen molar-refractivity contribution in [1.29, 1.82) is 5.26 Å². The van der Waals surface area contributed by atoms with Crippen LogP contribution in [0.3, 0.4) is 0 Å². The molecule has 0 saturated carbocycles. The standard InChI is InChI=1S/C16H33N3O2/c1-5-16(15-17,18-6-2)9-7-10-19(12-14-21-4)11-8-13-20-3/h18H,5-14H2,1-4H3. The van der Waals surface area contributed by atoms with E-state index in [1.165, 1.54) is 0 Å². The zero-order valence-corrected chi connectivity index (χ0v) is 14.3. The normalized spacial score (nSPS) is 14.1. The molecule has 21 heavy (non-hydrogen) atoms. The molecule has 1 unspecified atom stereocenters. The van der Waals surface area contributed by atoms with Gasteiger partial charge in [-0.25, -0.2) is 0 Å². The van der Waals surface area contributed by atoms with Crippen LogP contribution in [0.25, 0.3) is 0 Å². The molecule has 1 atom stereocenters. The first-order valence-electron chi connectivity index (χ1n) is 8.04. The Hall–Kier alpha value is -0.670. The van der Waals surface area contributed by atoms with Gasteiger partial charge in [0.15, 0.2) is 0 Å². The fourth-order valence-electron chi connectivity index (χ4n) is 2.50. The molecule has 0 spiro atoms. The van der Waals surface area contributed by atoms with Gasteiger partial charge in [-0.3, -0.25) is 5.32 Å². The Kier molecular flexibility index (Phi) is 12.6. The van der Waals surface area contributed by atoms with Gasteiger partial charge < -0.3 is 14.4 Å². The number of hydrogen-bond donors (Lipinski definition) is 1. The molecular formula is C16H33N3O2. The van der Waals surface area contributed by atoms with Gasteiger partial charge in [-0.05, 0) is 38.8 Å². The van der Waals surface area contributed by atoms with Gasteiger partial charge >= 0.3 is 0 Å². The summed E-state index contributed by atoms with van der Waals surface area (Å²) in [5, 5.41) is 12.8. The van der Waals surface area contributed by atoms with E-state index in [1.54, 1.807) is 14.2 Å². The quantitative estimate of drug-likeness (QED) is 0.497. The number of hydrogen-bond acceptors (Lipinski definition) is 5. The second-order valence-corrected chi connectivity index (χ2v) is 5.36. The van der Waals surface area contributed by atoms with Gasteiger partial charge in [0.2, 0.25) is 0 Å².